The minimum Gasteiger partial charge on any atom is -0.462 e. The minimum atomic E-state index is -4.97. The van der Waals surface area contributed by atoms with Crippen molar-refractivity contribution < 1.29 is 80.2 Å². The fourth-order valence-electron chi connectivity index (χ4n) is 11.3. The molecule has 0 heterocycles. The van der Waals surface area contributed by atoms with Crippen molar-refractivity contribution in [2.75, 3.05) is 39.6 Å². The van der Waals surface area contributed by atoms with E-state index >= 15 is 0 Å². The Morgan fingerprint density at radius 3 is 0.697 bits per heavy atom. The first-order valence-corrected chi connectivity index (χ1v) is 43.4. The number of hydrogen-bond acceptors (Lipinski definition) is 15. The first kappa shape index (κ1) is 96.0. The van der Waals surface area contributed by atoms with Gasteiger partial charge in [0.15, 0.2) is 12.2 Å². The van der Waals surface area contributed by atoms with Gasteiger partial charge in [0.05, 0.1) is 26.4 Å². The highest BCUT2D eigenvalue weighted by Gasteiger charge is 2.30. The molecule has 0 aromatic heterocycles. The van der Waals surface area contributed by atoms with Crippen LogP contribution in [0.25, 0.3) is 0 Å². The molecular weight excluding hydrogens is 1290 g/mol. The van der Waals surface area contributed by atoms with Crippen LogP contribution in [0.3, 0.4) is 0 Å². The number of carbonyl (C=O) groups is 4. The van der Waals surface area contributed by atoms with E-state index in [1.807, 2.05) is 0 Å². The van der Waals surface area contributed by atoms with Gasteiger partial charge in [-0.3, -0.25) is 37.3 Å². The van der Waals surface area contributed by atoms with E-state index in [4.69, 9.17) is 37.0 Å². The molecule has 19 heteroatoms. The number of phosphoric acid groups is 2. The van der Waals surface area contributed by atoms with Crippen LogP contribution in [0.2, 0.25) is 0 Å². The first-order chi connectivity index (χ1) is 48.2. The van der Waals surface area contributed by atoms with Crippen molar-refractivity contribution in [3.8, 4) is 0 Å². The largest absolute Gasteiger partial charge is 0.472 e. The molecule has 3 N–H and O–H groups in total. The second-order valence-corrected chi connectivity index (χ2v) is 30.3. The molecule has 0 aliphatic carbocycles. The van der Waals surface area contributed by atoms with Crippen LogP contribution < -0.4 is 0 Å². The van der Waals surface area contributed by atoms with Crippen molar-refractivity contribution in [2.24, 2.45) is 0 Å². The highest BCUT2D eigenvalue weighted by Crippen LogP contribution is 2.45. The third kappa shape index (κ3) is 73.1. The average molecular weight is 1440 g/mol. The number of carbonyl (C=O) groups excluding carboxylic acids is 4. The summed E-state index contributed by atoms with van der Waals surface area (Å²) >= 11 is 0. The second kappa shape index (κ2) is 73.3. The van der Waals surface area contributed by atoms with E-state index in [9.17, 15) is 43.2 Å². The van der Waals surface area contributed by atoms with Crippen LogP contribution >= 0.6 is 15.6 Å². The maximum absolute atomic E-state index is 13.1. The summed E-state index contributed by atoms with van der Waals surface area (Å²) in [6, 6.07) is 0. The normalized spacial score (nSPS) is 14.1. The summed E-state index contributed by atoms with van der Waals surface area (Å²) in [6.07, 6.45) is 70.8. The Bertz CT molecular complexity index is 2070. The molecule has 0 aliphatic rings. The summed E-state index contributed by atoms with van der Waals surface area (Å²) in [4.78, 5) is 73.0. The van der Waals surface area contributed by atoms with E-state index in [2.05, 4.69) is 76.3 Å². The molecule has 17 nitrogen and oxygen atoms in total. The highest BCUT2D eigenvalue weighted by atomic mass is 31.2. The quantitative estimate of drug-likeness (QED) is 0.0169. The summed E-state index contributed by atoms with van der Waals surface area (Å²) in [5.41, 5.74) is 0. The van der Waals surface area contributed by atoms with E-state index < -0.39 is 97.5 Å². The number of ether oxygens (including phenoxy) is 4. The molecule has 0 saturated heterocycles. The van der Waals surface area contributed by atoms with Crippen LogP contribution in [-0.2, 0) is 65.4 Å². The molecule has 0 spiro atoms. The van der Waals surface area contributed by atoms with Crippen LogP contribution in [0.5, 0.6) is 0 Å². The summed E-state index contributed by atoms with van der Waals surface area (Å²) in [5, 5.41) is 10.6. The Hall–Kier alpha value is -2.98. The average Bonchev–Trinajstić information content (AvgIpc) is 0.983. The standard InChI is InChI=1S/C80H148O17P2/c1-5-9-13-17-21-25-29-33-37-41-45-49-53-57-61-65-78(83)91-71-76(97-80(85)67-63-59-55-51-47-43-39-35-31-27-23-19-15-11-7-3)73-95-99(88,89)93-69-74(81)68-92-98(86,87)94-72-75(70-90-77(82)64-60-56-52-48-44-40-36-32-28-24-20-16-12-8-4)96-79(84)66-62-58-54-50-46-42-38-34-30-26-22-18-14-10-6-2/h32-39,74-76,81H,5-31,40-73H2,1-4H3,(H,86,87)(H,88,89)/b36-32+,37-33+,38-34+,39-35+/t74?,75-,76-/m1/s1. The lowest BCUT2D eigenvalue weighted by molar-refractivity contribution is -0.161. The Kier molecular flexibility index (Phi) is 71.1. The molecule has 580 valence electrons. The molecule has 0 amide bonds. The summed E-state index contributed by atoms with van der Waals surface area (Å²) < 4.78 is 68.6. The molecular formula is C80H148O17P2. The number of aliphatic hydroxyl groups excluding tert-OH is 1. The van der Waals surface area contributed by atoms with Gasteiger partial charge in [-0.15, -0.1) is 0 Å². The Morgan fingerprint density at radius 1 is 0.273 bits per heavy atom. The number of allylic oxidation sites excluding steroid dienone is 8. The predicted octanol–water partition coefficient (Wildman–Crippen LogP) is 23.3. The maximum Gasteiger partial charge on any atom is 0.472 e. The zero-order chi connectivity index (χ0) is 72.5. The number of rotatable bonds is 77. The van der Waals surface area contributed by atoms with Crippen molar-refractivity contribution in [2.45, 2.75) is 399 Å². The van der Waals surface area contributed by atoms with Crippen molar-refractivity contribution in [3.05, 3.63) is 48.6 Å². The number of esters is 4. The van der Waals surface area contributed by atoms with Crippen molar-refractivity contribution in [3.63, 3.8) is 0 Å². The maximum atomic E-state index is 13.1. The van der Waals surface area contributed by atoms with Gasteiger partial charge in [0, 0.05) is 25.7 Å². The minimum absolute atomic E-state index is 0.0883. The number of phosphoric ester groups is 2. The molecule has 0 aliphatic heterocycles. The van der Waals surface area contributed by atoms with Gasteiger partial charge >= 0.3 is 39.5 Å². The highest BCUT2D eigenvalue weighted by molar-refractivity contribution is 7.47. The van der Waals surface area contributed by atoms with Gasteiger partial charge in [-0.1, -0.05) is 275 Å². The third-order valence-electron chi connectivity index (χ3n) is 17.5. The van der Waals surface area contributed by atoms with Crippen molar-refractivity contribution in [1.29, 1.82) is 0 Å². The first-order valence-electron chi connectivity index (χ1n) is 40.4. The summed E-state index contributed by atoms with van der Waals surface area (Å²) in [5.74, 6) is -2.18. The van der Waals surface area contributed by atoms with E-state index in [1.165, 1.54) is 148 Å². The lowest BCUT2D eigenvalue weighted by Crippen LogP contribution is -2.30. The van der Waals surface area contributed by atoms with Gasteiger partial charge in [-0.2, -0.15) is 0 Å². The topological polar surface area (TPSA) is 237 Å². The third-order valence-corrected chi connectivity index (χ3v) is 19.4. The van der Waals surface area contributed by atoms with Gasteiger partial charge in [-0.05, 0) is 128 Å². The molecule has 0 fully saturated rings. The molecule has 0 rings (SSSR count). The molecule has 5 atom stereocenters. The van der Waals surface area contributed by atoms with Gasteiger partial charge in [0.1, 0.15) is 19.3 Å². The van der Waals surface area contributed by atoms with Crippen LogP contribution in [0.15, 0.2) is 48.6 Å². The fourth-order valence-corrected chi connectivity index (χ4v) is 12.8. The smallest absolute Gasteiger partial charge is 0.462 e. The fraction of sp³-hybridized carbons (Fsp3) is 0.850. The van der Waals surface area contributed by atoms with Crippen LogP contribution in [-0.4, -0.2) is 96.7 Å². The van der Waals surface area contributed by atoms with E-state index in [0.29, 0.717) is 25.7 Å². The molecule has 3 unspecified atom stereocenters. The van der Waals surface area contributed by atoms with E-state index in [0.717, 1.165) is 154 Å². The zero-order valence-electron chi connectivity index (χ0n) is 63.4. The van der Waals surface area contributed by atoms with Gasteiger partial charge < -0.3 is 33.8 Å². The molecule has 0 saturated carbocycles. The second-order valence-electron chi connectivity index (χ2n) is 27.3. The Morgan fingerprint density at radius 2 is 0.465 bits per heavy atom. The van der Waals surface area contributed by atoms with Gasteiger partial charge in [0.25, 0.3) is 0 Å². The lowest BCUT2D eigenvalue weighted by atomic mass is 10.1. The Balaban J connectivity index is 5.34. The van der Waals surface area contributed by atoms with E-state index in [-0.39, 0.29) is 25.7 Å². The molecule has 0 radical (unpaired) electrons. The number of hydrogen-bond donors (Lipinski definition) is 3. The van der Waals surface area contributed by atoms with Crippen molar-refractivity contribution in [1.82, 2.24) is 0 Å². The molecule has 0 bridgehead atoms. The monoisotopic (exact) mass is 1440 g/mol. The van der Waals surface area contributed by atoms with Crippen molar-refractivity contribution >= 4 is 39.5 Å². The van der Waals surface area contributed by atoms with E-state index in [1.54, 1.807) is 0 Å². The van der Waals surface area contributed by atoms with Crippen LogP contribution in [0.1, 0.15) is 381 Å². The molecule has 0 aromatic carbocycles. The zero-order valence-corrected chi connectivity index (χ0v) is 65.2. The molecule has 99 heavy (non-hydrogen) atoms. The predicted molar refractivity (Wildman–Crippen MR) is 404 cm³/mol. The lowest BCUT2D eigenvalue weighted by Gasteiger charge is -2.21. The number of aliphatic hydroxyl groups is 1. The van der Waals surface area contributed by atoms with Gasteiger partial charge in [0.2, 0.25) is 0 Å². The van der Waals surface area contributed by atoms with Crippen LogP contribution in [0, 0.1) is 0 Å². The molecule has 0 aromatic rings. The van der Waals surface area contributed by atoms with Gasteiger partial charge in [-0.25, -0.2) is 9.13 Å². The SMILES string of the molecule is CCCCCCC/C=C/CCCCCCCC(=O)OC[C@H](COP(=O)(O)OCC(O)COP(=O)(O)OC[C@@H](COC(=O)CCCCCCC/C=C/CCCCCCCC)OC(=O)CCCCCCC/C=C/CCCCCCCC)OC(=O)CCCCCCC/C=C/CCCCCCCC. The summed E-state index contributed by atoms with van der Waals surface area (Å²) in [7, 11) is -9.94. The number of unbranched alkanes of at least 4 members (excludes halogenated alkanes) is 43. The Labute approximate surface area is 604 Å². The summed E-state index contributed by atoms with van der Waals surface area (Å²) in [6.45, 7) is 4.89. The van der Waals surface area contributed by atoms with Crippen LogP contribution in [0.4, 0.5) is 0 Å².